The number of hydrogen-bond acceptors (Lipinski definition) is 1. The summed E-state index contributed by atoms with van der Waals surface area (Å²) in [5.41, 5.74) is 0.449. The van der Waals surface area contributed by atoms with Crippen molar-refractivity contribution < 1.29 is 17.6 Å². The van der Waals surface area contributed by atoms with Gasteiger partial charge in [-0.25, -0.2) is 17.6 Å². The molecule has 0 saturated carbocycles. The molecule has 1 atom stereocenters. The van der Waals surface area contributed by atoms with E-state index in [-0.39, 0.29) is 10.6 Å². The van der Waals surface area contributed by atoms with Gasteiger partial charge in [0.25, 0.3) is 0 Å². The first-order valence-electron chi connectivity index (χ1n) is 6.26. The van der Waals surface area contributed by atoms with Crippen molar-refractivity contribution in [3.8, 4) is 0 Å². The first-order valence-corrected chi connectivity index (χ1v) is 6.64. The molecule has 1 N–H and O–H groups in total. The molecule has 21 heavy (non-hydrogen) atoms. The van der Waals surface area contributed by atoms with Crippen LogP contribution in [0.4, 0.5) is 17.6 Å². The second kappa shape index (κ2) is 6.45. The Morgan fingerprint density at radius 3 is 2.24 bits per heavy atom. The van der Waals surface area contributed by atoms with Gasteiger partial charge in [-0.05, 0) is 48.0 Å². The monoisotopic (exact) mass is 317 g/mol. The van der Waals surface area contributed by atoms with Crippen molar-refractivity contribution in [2.75, 3.05) is 6.54 Å². The van der Waals surface area contributed by atoms with Crippen molar-refractivity contribution in [2.45, 2.75) is 13.0 Å². The maximum Gasteiger partial charge on any atom is 0.194 e. The highest BCUT2D eigenvalue weighted by Crippen LogP contribution is 2.30. The summed E-state index contributed by atoms with van der Waals surface area (Å²) >= 11 is 6.02. The summed E-state index contributed by atoms with van der Waals surface area (Å²) in [5, 5.41) is 3.19. The van der Waals surface area contributed by atoms with Crippen molar-refractivity contribution in [3.05, 3.63) is 69.8 Å². The Bertz CT molecular complexity index is 637. The van der Waals surface area contributed by atoms with E-state index in [0.29, 0.717) is 12.1 Å². The molecular formula is C15H12ClF4N. The lowest BCUT2D eigenvalue weighted by Crippen LogP contribution is -2.23. The van der Waals surface area contributed by atoms with Crippen LogP contribution in [-0.4, -0.2) is 6.54 Å². The Morgan fingerprint density at radius 1 is 1.05 bits per heavy atom. The van der Waals surface area contributed by atoms with Gasteiger partial charge in [0.2, 0.25) is 0 Å². The van der Waals surface area contributed by atoms with E-state index in [1.165, 1.54) is 18.2 Å². The van der Waals surface area contributed by atoms with Crippen LogP contribution in [0.15, 0.2) is 30.3 Å². The fraction of sp³-hybridized carbons (Fsp3) is 0.200. The molecule has 1 nitrogen and oxygen atoms in total. The van der Waals surface area contributed by atoms with E-state index >= 15 is 0 Å². The molecule has 0 aromatic heterocycles. The first kappa shape index (κ1) is 15.8. The second-order valence-corrected chi connectivity index (χ2v) is 4.86. The molecule has 0 heterocycles. The van der Waals surface area contributed by atoms with Crippen molar-refractivity contribution in [1.29, 1.82) is 0 Å². The number of halogens is 5. The van der Waals surface area contributed by atoms with E-state index in [2.05, 4.69) is 5.32 Å². The van der Waals surface area contributed by atoms with Crippen LogP contribution in [0.1, 0.15) is 24.1 Å². The molecule has 0 aliphatic heterocycles. The zero-order valence-corrected chi connectivity index (χ0v) is 11.8. The van der Waals surface area contributed by atoms with Crippen LogP contribution in [0, 0.1) is 23.3 Å². The van der Waals surface area contributed by atoms with Crippen molar-refractivity contribution in [2.24, 2.45) is 0 Å². The topological polar surface area (TPSA) is 12.0 Å². The lowest BCUT2D eigenvalue weighted by atomic mass is 9.98. The maximum atomic E-state index is 13.4. The fourth-order valence-corrected chi connectivity index (χ4v) is 2.32. The molecule has 2 aromatic rings. The Labute approximate surface area is 124 Å². The standard InChI is InChI=1S/C15H12ClF4N/c1-2-21-15(10-7-9(17)3-4-11(10)16)8-5-12(18)14(20)13(19)6-8/h3-7,15,21H,2H2,1H3. The van der Waals surface area contributed by atoms with Gasteiger partial charge in [-0.2, -0.15) is 0 Å². The molecule has 0 aliphatic carbocycles. The van der Waals surface area contributed by atoms with Crippen LogP contribution in [0.3, 0.4) is 0 Å². The predicted octanol–water partition coefficient (Wildman–Crippen LogP) is 4.60. The van der Waals surface area contributed by atoms with Crippen molar-refractivity contribution in [1.82, 2.24) is 5.32 Å². The van der Waals surface area contributed by atoms with Crippen LogP contribution in [0.2, 0.25) is 5.02 Å². The molecule has 6 heteroatoms. The molecule has 0 amide bonds. The minimum absolute atomic E-state index is 0.126. The van der Waals surface area contributed by atoms with E-state index in [1.54, 1.807) is 6.92 Å². The normalized spacial score (nSPS) is 12.5. The lowest BCUT2D eigenvalue weighted by molar-refractivity contribution is 0.442. The highest BCUT2D eigenvalue weighted by atomic mass is 35.5. The number of nitrogens with one attached hydrogen (secondary N) is 1. The largest absolute Gasteiger partial charge is 0.306 e. The number of hydrogen-bond donors (Lipinski definition) is 1. The third kappa shape index (κ3) is 3.36. The average Bonchev–Trinajstić information content (AvgIpc) is 2.44. The zero-order chi connectivity index (χ0) is 15.6. The quantitative estimate of drug-likeness (QED) is 0.642. The smallest absolute Gasteiger partial charge is 0.194 e. The van der Waals surface area contributed by atoms with Gasteiger partial charge in [-0.15, -0.1) is 0 Å². The zero-order valence-electron chi connectivity index (χ0n) is 11.1. The van der Waals surface area contributed by atoms with Gasteiger partial charge in [-0.3, -0.25) is 0 Å². The van der Waals surface area contributed by atoms with E-state index in [1.807, 2.05) is 0 Å². The molecule has 0 saturated heterocycles. The maximum absolute atomic E-state index is 13.4. The fourth-order valence-electron chi connectivity index (χ4n) is 2.09. The third-order valence-corrected chi connectivity index (χ3v) is 3.36. The van der Waals surface area contributed by atoms with E-state index in [0.717, 1.165) is 12.1 Å². The number of benzene rings is 2. The van der Waals surface area contributed by atoms with Gasteiger partial charge in [0.1, 0.15) is 5.82 Å². The van der Waals surface area contributed by atoms with Crippen molar-refractivity contribution >= 4 is 11.6 Å². The molecule has 1 unspecified atom stereocenters. The molecule has 2 aromatic carbocycles. The summed E-state index contributed by atoms with van der Waals surface area (Å²) in [4.78, 5) is 0. The van der Waals surface area contributed by atoms with Crippen LogP contribution in [0.5, 0.6) is 0 Å². The van der Waals surface area contributed by atoms with Gasteiger partial charge in [-0.1, -0.05) is 18.5 Å². The third-order valence-electron chi connectivity index (χ3n) is 3.02. The van der Waals surface area contributed by atoms with Crippen LogP contribution < -0.4 is 5.32 Å². The molecule has 0 spiro atoms. The minimum atomic E-state index is -1.54. The Kier molecular flexibility index (Phi) is 4.85. The summed E-state index contributed by atoms with van der Waals surface area (Å²) in [6, 6.07) is 4.70. The SMILES string of the molecule is CCNC(c1cc(F)c(F)c(F)c1)c1cc(F)ccc1Cl. The molecule has 0 radical (unpaired) electrons. The summed E-state index contributed by atoms with van der Waals surface area (Å²) in [7, 11) is 0. The molecule has 0 fully saturated rings. The molecule has 0 aliphatic rings. The summed E-state index contributed by atoms with van der Waals surface area (Å²) < 4.78 is 53.2. The van der Waals surface area contributed by atoms with E-state index < -0.39 is 29.3 Å². The van der Waals surface area contributed by atoms with Crippen LogP contribution >= 0.6 is 11.6 Å². The predicted molar refractivity (Wildman–Crippen MR) is 73.2 cm³/mol. The van der Waals surface area contributed by atoms with Gasteiger partial charge in [0, 0.05) is 5.02 Å². The molecule has 2 rings (SSSR count). The van der Waals surface area contributed by atoms with E-state index in [9.17, 15) is 17.6 Å². The lowest BCUT2D eigenvalue weighted by Gasteiger charge is -2.20. The van der Waals surface area contributed by atoms with Crippen LogP contribution in [-0.2, 0) is 0 Å². The van der Waals surface area contributed by atoms with Gasteiger partial charge in [0.15, 0.2) is 17.5 Å². The minimum Gasteiger partial charge on any atom is -0.306 e. The molecule has 0 bridgehead atoms. The highest BCUT2D eigenvalue weighted by molar-refractivity contribution is 6.31. The van der Waals surface area contributed by atoms with Crippen LogP contribution in [0.25, 0.3) is 0 Å². The van der Waals surface area contributed by atoms with Crippen molar-refractivity contribution in [3.63, 3.8) is 0 Å². The highest BCUT2D eigenvalue weighted by Gasteiger charge is 2.20. The number of rotatable bonds is 4. The van der Waals surface area contributed by atoms with Gasteiger partial charge < -0.3 is 5.32 Å². The summed E-state index contributed by atoms with van der Waals surface area (Å²) in [6.45, 7) is 2.22. The molecule has 112 valence electrons. The molecular weight excluding hydrogens is 306 g/mol. The summed E-state index contributed by atoms with van der Waals surface area (Å²) in [5.74, 6) is -4.68. The Morgan fingerprint density at radius 2 is 1.67 bits per heavy atom. The average molecular weight is 318 g/mol. The second-order valence-electron chi connectivity index (χ2n) is 4.46. The Hall–Kier alpha value is -1.59. The first-order chi connectivity index (χ1) is 9.93. The van der Waals surface area contributed by atoms with Gasteiger partial charge >= 0.3 is 0 Å². The van der Waals surface area contributed by atoms with E-state index in [4.69, 9.17) is 11.6 Å². The van der Waals surface area contributed by atoms with Gasteiger partial charge in [0.05, 0.1) is 6.04 Å². The summed E-state index contributed by atoms with van der Waals surface area (Å²) in [6.07, 6.45) is 0. The Balaban J connectivity index is 2.56.